The quantitative estimate of drug-likeness (QED) is 0.247. The van der Waals surface area contributed by atoms with Crippen molar-refractivity contribution in [2.45, 2.75) is 6.92 Å². The van der Waals surface area contributed by atoms with Gasteiger partial charge in [-0.15, -0.1) is 0 Å². The first-order chi connectivity index (χ1) is 6.74. The second kappa shape index (κ2) is 8.01. The molecule has 0 unspecified atom stereocenters. The summed E-state index contributed by atoms with van der Waals surface area (Å²) in [4.78, 5) is 14.7. The van der Waals surface area contributed by atoms with Crippen LogP contribution in [0.5, 0.6) is 0 Å². The maximum absolute atomic E-state index is 11.2. The van der Waals surface area contributed by atoms with Gasteiger partial charge in [0.05, 0.1) is 6.61 Å². The Labute approximate surface area is 131 Å². The van der Waals surface area contributed by atoms with Crippen molar-refractivity contribution < 1.29 is 66.0 Å². The van der Waals surface area contributed by atoms with Gasteiger partial charge >= 0.3 is 57.4 Å². The fourth-order valence-corrected chi connectivity index (χ4v) is 0.872. The molecule has 4 nitrogen and oxygen atoms in total. The molecule has 0 aliphatic heterocycles. The third-order valence-corrected chi connectivity index (χ3v) is 1.48. The summed E-state index contributed by atoms with van der Waals surface area (Å²) in [5, 5.41) is 11.2. The van der Waals surface area contributed by atoms with Crippen molar-refractivity contribution in [3.8, 4) is 0 Å². The minimum atomic E-state index is -0.829. The predicted octanol–water partition coefficient (Wildman–Crippen LogP) is -2.65. The first-order valence-electron chi connectivity index (χ1n) is 4.20. The van der Waals surface area contributed by atoms with E-state index in [1.807, 2.05) is 0 Å². The Morgan fingerprint density at radius 1 is 1.53 bits per heavy atom. The summed E-state index contributed by atoms with van der Waals surface area (Å²) in [6.07, 6.45) is 4.31. The fraction of sp³-hybridized carbons (Fsp3) is 0.200. The van der Waals surface area contributed by atoms with Crippen molar-refractivity contribution >= 4 is 12.0 Å². The Kier molecular flexibility index (Phi) is 7.90. The van der Waals surface area contributed by atoms with Gasteiger partial charge in [-0.3, -0.25) is 4.98 Å². The minimum Gasteiger partial charge on any atom is -0.868 e. The van der Waals surface area contributed by atoms with Crippen LogP contribution >= 0.6 is 0 Å². The average Bonchev–Trinajstić information content (AvgIpc) is 2.19. The molecule has 0 radical (unpaired) electrons. The van der Waals surface area contributed by atoms with E-state index in [0.717, 1.165) is 0 Å². The Bertz CT molecular complexity index is 338. The van der Waals surface area contributed by atoms with Crippen LogP contribution in [0, 0.1) is 0 Å². The molecule has 0 spiro atoms. The van der Waals surface area contributed by atoms with E-state index in [-0.39, 0.29) is 58.0 Å². The van der Waals surface area contributed by atoms with Gasteiger partial charge < -0.3 is 9.84 Å². The van der Waals surface area contributed by atoms with Gasteiger partial charge in [-0.05, 0) is 30.4 Å². The van der Waals surface area contributed by atoms with Crippen LogP contribution in [0.25, 0.3) is 6.08 Å². The molecule has 0 saturated carbocycles. The second-order valence-electron chi connectivity index (χ2n) is 2.51. The molecular weight excluding hydrogens is 221 g/mol. The van der Waals surface area contributed by atoms with Crippen molar-refractivity contribution in [3.05, 3.63) is 35.8 Å². The van der Waals surface area contributed by atoms with Crippen molar-refractivity contribution in [1.82, 2.24) is 4.98 Å². The predicted molar refractivity (Wildman–Crippen MR) is 48.8 cm³/mol. The largest absolute Gasteiger partial charge is 1.00 e. The number of carbonyl (C=O) groups excluding carboxylic acids is 1. The molecule has 74 valence electrons. The first kappa shape index (κ1) is 14.8. The van der Waals surface area contributed by atoms with Crippen molar-refractivity contribution in [2.75, 3.05) is 6.61 Å². The first-order valence-corrected chi connectivity index (χ1v) is 4.20. The van der Waals surface area contributed by atoms with Crippen LogP contribution in [0.2, 0.25) is 0 Å². The molecule has 0 aliphatic rings. The molecular formula is C10H10KNO3. The number of pyridine rings is 1. The van der Waals surface area contributed by atoms with Crippen LogP contribution in [0.15, 0.2) is 30.3 Å². The van der Waals surface area contributed by atoms with Gasteiger partial charge in [0.15, 0.2) is 0 Å². The number of carbonyl (C=O) groups is 1. The molecule has 0 aromatic carbocycles. The van der Waals surface area contributed by atoms with Crippen LogP contribution < -0.4 is 56.5 Å². The molecule has 0 atom stereocenters. The van der Waals surface area contributed by atoms with Crippen LogP contribution in [0.1, 0.15) is 12.5 Å². The SMILES string of the molecule is CCOC(=O)C([O-])=Cc1ccncc1.[K+]. The van der Waals surface area contributed by atoms with Crippen LogP contribution in [-0.2, 0) is 9.53 Å². The van der Waals surface area contributed by atoms with Crippen LogP contribution in [-0.4, -0.2) is 17.6 Å². The third-order valence-electron chi connectivity index (χ3n) is 1.48. The van der Waals surface area contributed by atoms with E-state index in [0.29, 0.717) is 5.56 Å². The zero-order chi connectivity index (χ0) is 10.4. The summed E-state index contributed by atoms with van der Waals surface area (Å²) >= 11 is 0. The molecule has 0 aliphatic carbocycles. The topological polar surface area (TPSA) is 62.2 Å². The van der Waals surface area contributed by atoms with Gasteiger partial charge in [0.1, 0.15) is 0 Å². The maximum Gasteiger partial charge on any atom is 1.00 e. The monoisotopic (exact) mass is 231 g/mol. The third kappa shape index (κ3) is 5.43. The Morgan fingerprint density at radius 3 is 2.67 bits per heavy atom. The summed E-state index contributed by atoms with van der Waals surface area (Å²) in [6, 6.07) is 3.27. The van der Waals surface area contributed by atoms with Crippen molar-refractivity contribution in [2.24, 2.45) is 0 Å². The zero-order valence-corrected chi connectivity index (χ0v) is 11.9. The molecule has 0 bridgehead atoms. The number of hydrogen-bond donors (Lipinski definition) is 0. The number of aromatic nitrogens is 1. The van der Waals surface area contributed by atoms with E-state index in [1.54, 1.807) is 31.5 Å². The maximum atomic E-state index is 11.2. The van der Waals surface area contributed by atoms with Gasteiger partial charge in [0, 0.05) is 12.4 Å². The molecule has 0 fully saturated rings. The van der Waals surface area contributed by atoms with Crippen LogP contribution in [0.4, 0.5) is 0 Å². The van der Waals surface area contributed by atoms with E-state index in [2.05, 4.69) is 9.72 Å². The summed E-state index contributed by atoms with van der Waals surface area (Å²) in [5.41, 5.74) is 0.637. The van der Waals surface area contributed by atoms with Gasteiger partial charge in [0.25, 0.3) is 0 Å². The van der Waals surface area contributed by atoms with Crippen LogP contribution in [0.3, 0.4) is 0 Å². The molecule has 0 amide bonds. The second-order valence-corrected chi connectivity index (χ2v) is 2.51. The zero-order valence-electron chi connectivity index (χ0n) is 8.77. The Morgan fingerprint density at radius 2 is 2.13 bits per heavy atom. The van der Waals surface area contributed by atoms with E-state index in [1.165, 1.54) is 6.08 Å². The molecule has 1 heterocycles. The van der Waals surface area contributed by atoms with Gasteiger partial charge in [-0.25, -0.2) is 4.79 Å². The normalized spacial score (nSPS) is 10.3. The fourth-order valence-electron chi connectivity index (χ4n) is 0.872. The summed E-state index contributed by atoms with van der Waals surface area (Å²) in [7, 11) is 0. The summed E-state index contributed by atoms with van der Waals surface area (Å²) in [6.45, 7) is 1.85. The molecule has 5 heteroatoms. The molecule has 0 saturated heterocycles. The standard InChI is InChI=1S/C10H11NO3.K/c1-2-14-10(13)9(12)7-8-3-5-11-6-4-8;/h3-7,12H,2H2,1H3;/q;+1/p-1. The number of nitrogens with zero attached hydrogens (tertiary/aromatic N) is 1. The number of hydrogen-bond acceptors (Lipinski definition) is 4. The summed E-state index contributed by atoms with van der Waals surface area (Å²) in [5.74, 6) is -1.48. The van der Waals surface area contributed by atoms with E-state index in [9.17, 15) is 9.90 Å². The number of ether oxygens (including phenoxy) is 1. The van der Waals surface area contributed by atoms with E-state index >= 15 is 0 Å². The van der Waals surface area contributed by atoms with Gasteiger partial charge in [0.2, 0.25) is 0 Å². The molecule has 1 rings (SSSR count). The van der Waals surface area contributed by atoms with Gasteiger partial charge in [-0.2, -0.15) is 0 Å². The number of rotatable bonds is 3. The molecule has 1 aromatic heterocycles. The van der Waals surface area contributed by atoms with Crippen molar-refractivity contribution in [3.63, 3.8) is 0 Å². The Balaban J connectivity index is 0.00000196. The number of esters is 1. The molecule has 1 aromatic rings. The smallest absolute Gasteiger partial charge is 0.868 e. The summed E-state index contributed by atoms with van der Waals surface area (Å²) < 4.78 is 4.54. The Hall–Kier alpha value is -0.204. The van der Waals surface area contributed by atoms with E-state index < -0.39 is 11.7 Å². The molecule has 0 N–H and O–H groups in total. The molecule has 15 heavy (non-hydrogen) atoms. The average molecular weight is 231 g/mol. The van der Waals surface area contributed by atoms with E-state index in [4.69, 9.17) is 0 Å². The minimum absolute atomic E-state index is 0. The van der Waals surface area contributed by atoms with Crippen molar-refractivity contribution in [1.29, 1.82) is 0 Å². The van der Waals surface area contributed by atoms with Gasteiger partial charge in [-0.1, -0.05) is 6.08 Å².